The Labute approximate surface area is 152 Å². The van der Waals surface area contributed by atoms with Crippen molar-refractivity contribution < 1.29 is 19.9 Å². The maximum absolute atomic E-state index is 10.4. The highest BCUT2D eigenvalue weighted by atomic mass is 16.6. The van der Waals surface area contributed by atoms with Crippen molar-refractivity contribution in [3.8, 4) is 5.75 Å². The van der Waals surface area contributed by atoms with Crippen molar-refractivity contribution in [3.05, 3.63) is 78.4 Å². The van der Waals surface area contributed by atoms with Crippen LogP contribution in [-0.4, -0.2) is 33.0 Å². The number of hydrogen-bond acceptors (Lipinski definition) is 8. The highest BCUT2D eigenvalue weighted by Gasteiger charge is 2.30. The Balaban J connectivity index is 0.000000206. The van der Waals surface area contributed by atoms with Gasteiger partial charge >= 0.3 is 11.4 Å². The molecule has 1 atom stereocenters. The van der Waals surface area contributed by atoms with Gasteiger partial charge in [0.1, 0.15) is 0 Å². The SMILES string of the molecule is O=[N+]([O-])c1cc([N+](=O)[O-])c(O)c([N+](=O)[O-])c1.c1ccc([C@@H]2CCNC2)cc1. The number of nitrogens with zero attached hydrogens (tertiary/aromatic N) is 3. The van der Waals surface area contributed by atoms with Crippen molar-refractivity contribution >= 4 is 17.1 Å². The Kier molecular flexibility index (Phi) is 6.33. The fraction of sp³-hybridized carbons (Fsp3) is 0.250. The van der Waals surface area contributed by atoms with E-state index in [-0.39, 0.29) is 0 Å². The van der Waals surface area contributed by atoms with Crippen LogP contribution in [0.3, 0.4) is 0 Å². The summed E-state index contributed by atoms with van der Waals surface area (Å²) in [6.07, 6.45) is 1.30. The first-order valence-corrected chi connectivity index (χ1v) is 7.87. The number of non-ortho nitro benzene ring substituents is 1. The number of benzene rings is 2. The van der Waals surface area contributed by atoms with Gasteiger partial charge in [-0.1, -0.05) is 30.3 Å². The second-order valence-electron chi connectivity index (χ2n) is 5.70. The number of nitro benzene ring substituents is 3. The first kappa shape index (κ1) is 19.7. The Bertz CT molecular complexity index is 816. The van der Waals surface area contributed by atoms with Gasteiger partial charge in [0.05, 0.1) is 26.9 Å². The molecule has 0 saturated carbocycles. The highest BCUT2D eigenvalue weighted by Crippen LogP contribution is 2.38. The van der Waals surface area contributed by atoms with Gasteiger partial charge in [0.25, 0.3) is 11.4 Å². The van der Waals surface area contributed by atoms with Crippen LogP contribution in [0.5, 0.6) is 5.75 Å². The Hall–Kier alpha value is -3.60. The third-order valence-electron chi connectivity index (χ3n) is 3.99. The molecule has 2 aromatic carbocycles. The van der Waals surface area contributed by atoms with Gasteiger partial charge < -0.3 is 10.4 Å². The molecule has 1 saturated heterocycles. The molecule has 0 spiro atoms. The first-order chi connectivity index (χ1) is 12.8. The van der Waals surface area contributed by atoms with Crippen LogP contribution < -0.4 is 5.32 Å². The van der Waals surface area contributed by atoms with Crippen molar-refractivity contribution in [2.24, 2.45) is 0 Å². The van der Waals surface area contributed by atoms with E-state index in [1.54, 1.807) is 0 Å². The van der Waals surface area contributed by atoms with Crippen LogP contribution in [0, 0.1) is 30.3 Å². The van der Waals surface area contributed by atoms with E-state index in [1.807, 2.05) is 0 Å². The van der Waals surface area contributed by atoms with E-state index in [2.05, 4.69) is 35.6 Å². The van der Waals surface area contributed by atoms with Gasteiger partial charge in [0.15, 0.2) is 0 Å². The third kappa shape index (κ3) is 4.95. The van der Waals surface area contributed by atoms with Crippen LogP contribution in [0.4, 0.5) is 17.1 Å². The van der Waals surface area contributed by atoms with E-state index in [0.717, 1.165) is 12.5 Å². The zero-order valence-electron chi connectivity index (χ0n) is 14.0. The number of hydrogen-bond donors (Lipinski definition) is 2. The molecule has 11 heteroatoms. The summed E-state index contributed by atoms with van der Waals surface area (Å²) < 4.78 is 0. The van der Waals surface area contributed by atoms with Crippen molar-refractivity contribution in [3.63, 3.8) is 0 Å². The number of rotatable bonds is 4. The van der Waals surface area contributed by atoms with Crippen molar-refractivity contribution in [1.82, 2.24) is 5.32 Å². The van der Waals surface area contributed by atoms with Gasteiger partial charge in [-0.2, -0.15) is 0 Å². The van der Waals surface area contributed by atoms with Gasteiger partial charge in [-0.05, 0) is 24.4 Å². The average Bonchev–Trinajstić information content (AvgIpc) is 3.17. The molecule has 11 nitrogen and oxygen atoms in total. The number of nitrogens with one attached hydrogen (secondary N) is 1. The molecule has 27 heavy (non-hydrogen) atoms. The van der Waals surface area contributed by atoms with Crippen molar-refractivity contribution in [2.45, 2.75) is 12.3 Å². The average molecular weight is 376 g/mol. The molecule has 2 aromatic rings. The maximum atomic E-state index is 10.4. The van der Waals surface area contributed by atoms with E-state index in [1.165, 1.54) is 18.5 Å². The summed E-state index contributed by atoms with van der Waals surface area (Å²) in [4.78, 5) is 27.8. The van der Waals surface area contributed by atoms with E-state index in [4.69, 9.17) is 5.11 Å². The summed E-state index contributed by atoms with van der Waals surface area (Å²) in [5, 5.41) is 43.6. The minimum absolute atomic E-state index is 0.447. The van der Waals surface area contributed by atoms with E-state index in [0.29, 0.717) is 12.1 Å². The minimum atomic E-state index is -1.21. The molecule has 0 bridgehead atoms. The molecule has 0 amide bonds. The number of nitro groups is 3. The number of phenols is 1. The zero-order valence-corrected chi connectivity index (χ0v) is 14.0. The summed E-state index contributed by atoms with van der Waals surface area (Å²) in [6, 6.07) is 11.6. The predicted molar refractivity (Wildman–Crippen MR) is 94.7 cm³/mol. The molecule has 1 aliphatic rings. The van der Waals surface area contributed by atoms with Gasteiger partial charge in [0.2, 0.25) is 0 Å². The Morgan fingerprint density at radius 1 is 0.926 bits per heavy atom. The fourth-order valence-electron chi connectivity index (χ4n) is 2.64. The monoisotopic (exact) mass is 376 g/mol. The summed E-state index contributed by atoms with van der Waals surface area (Å²) >= 11 is 0. The number of phenolic OH excluding ortho intramolecular Hbond substituents is 1. The lowest BCUT2D eigenvalue weighted by atomic mass is 9.99. The Morgan fingerprint density at radius 2 is 1.48 bits per heavy atom. The number of aromatic hydroxyl groups is 1. The van der Waals surface area contributed by atoms with Crippen LogP contribution >= 0.6 is 0 Å². The van der Waals surface area contributed by atoms with Gasteiger partial charge in [0, 0.05) is 6.54 Å². The quantitative estimate of drug-likeness (QED) is 0.608. The molecule has 142 valence electrons. The second-order valence-corrected chi connectivity index (χ2v) is 5.70. The molecule has 1 heterocycles. The van der Waals surface area contributed by atoms with Crippen LogP contribution in [-0.2, 0) is 0 Å². The molecule has 1 aliphatic heterocycles. The summed E-state index contributed by atoms with van der Waals surface area (Å²) in [6.45, 7) is 2.34. The topological polar surface area (TPSA) is 162 Å². The molecule has 0 unspecified atom stereocenters. The summed E-state index contributed by atoms with van der Waals surface area (Å²) in [5.41, 5.74) is -1.52. The standard InChI is InChI=1S/C10H13N.C6H3N3O7/c1-2-4-9(5-3-1)10-6-7-11-8-10;10-6-4(8(13)14)1-3(7(11)12)2-5(6)9(15)16/h1-5,10-11H,6-8H2;1-2,10H/t10-;/m1./s1. The predicted octanol–water partition coefficient (Wildman–Crippen LogP) is 2.88. The molecular formula is C16H16N4O7. The van der Waals surface area contributed by atoms with Crippen LogP contribution in [0.1, 0.15) is 17.9 Å². The lowest BCUT2D eigenvalue weighted by Gasteiger charge is -2.06. The zero-order chi connectivity index (χ0) is 20.0. The van der Waals surface area contributed by atoms with E-state index >= 15 is 0 Å². The van der Waals surface area contributed by atoms with Crippen LogP contribution in [0.2, 0.25) is 0 Å². The molecule has 1 fully saturated rings. The second kappa shape index (κ2) is 8.67. The maximum Gasteiger partial charge on any atom is 0.324 e. The van der Waals surface area contributed by atoms with E-state index < -0.39 is 37.6 Å². The molecule has 3 rings (SSSR count). The van der Waals surface area contributed by atoms with Crippen LogP contribution in [0.15, 0.2) is 42.5 Å². The van der Waals surface area contributed by atoms with Crippen LogP contribution in [0.25, 0.3) is 0 Å². The fourth-order valence-corrected chi connectivity index (χ4v) is 2.64. The van der Waals surface area contributed by atoms with Gasteiger partial charge in [-0.3, -0.25) is 30.3 Å². The lowest BCUT2D eigenvalue weighted by molar-refractivity contribution is -0.404. The minimum Gasteiger partial charge on any atom is -0.497 e. The highest BCUT2D eigenvalue weighted by molar-refractivity contribution is 5.64. The molecule has 2 N–H and O–H groups in total. The van der Waals surface area contributed by atoms with Crippen molar-refractivity contribution in [1.29, 1.82) is 0 Å². The summed E-state index contributed by atoms with van der Waals surface area (Å²) in [5.74, 6) is -0.447. The van der Waals surface area contributed by atoms with E-state index in [9.17, 15) is 30.3 Å². The molecule has 0 aromatic heterocycles. The largest absolute Gasteiger partial charge is 0.497 e. The Morgan fingerprint density at radius 3 is 1.89 bits per heavy atom. The van der Waals surface area contributed by atoms with Gasteiger partial charge in [-0.25, -0.2) is 0 Å². The first-order valence-electron chi connectivity index (χ1n) is 7.87. The summed E-state index contributed by atoms with van der Waals surface area (Å²) in [7, 11) is 0. The molecule has 0 radical (unpaired) electrons. The smallest absolute Gasteiger partial charge is 0.324 e. The third-order valence-corrected chi connectivity index (χ3v) is 3.99. The van der Waals surface area contributed by atoms with Gasteiger partial charge in [-0.15, -0.1) is 0 Å². The molecule has 0 aliphatic carbocycles. The lowest BCUT2D eigenvalue weighted by Crippen LogP contribution is -2.07. The normalized spacial score (nSPS) is 15.5. The van der Waals surface area contributed by atoms with Crippen molar-refractivity contribution in [2.75, 3.05) is 13.1 Å². The molecular weight excluding hydrogens is 360 g/mol.